The summed E-state index contributed by atoms with van der Waals surface area (Å²) in [6, 6.07) is 5.66. The summed E-state index contributed by atoms with van der Waals surface area (Å²) < 4.78 is 10.7. The third-order valence-electron chi connectivity index (χ3n) is 2.35. The van der Waals surface area contributed by atoms with Gasteiger partial charge in [0, 0.05) is 5.56 Å². The van der Waals surface area contributed by atoms with Gasteiger partial charge in [-0.1, -0.05) is 18.5 Å². The lowest BCUT2D eigenvalue weighted by atomic mass is 10.2. The Bertz CT molecular complexity index is 377. The fraction of sp³-hybridized carbons (Fsp3) is 0.500. The third-order valence-corrected chi connectivity index (χ3v) is 2.35. The number of hydrogen-bond donors (Lipinski definition) is 0. The molecule has 0 heterocycles. The Labute approximate surface area is 109 Å². The van der Waals surface area contributed by atoms with Gasteiger partial charge in [-0.05, 0) is 31.5 Å². The van der Waals surface area contributed by atoms with E-state index in [1.807, 2.05) is 25.1 Å². The molecule has 0 radical (unpaired) electrons. The van der Waals surface area contributed by atoms with E-state index in [1.165, 1.54) is 0 Å². The van der Waals surface area contributed by atoms with Crippen LogP contribution in [0.1, 0.15) is 32.3 Å². The van der Waals surface area contributed by atoms with Crippen molar-refractivity contribution in [2.24, 2.45) is 5.16 Å². The molecule has 0 atom stereocenters. The van der Waals surface area contributed by atoms with Crippen molar-refractivity contribution in [1.29, 1.82) is 0 Å². The van der Waals surface area contributed by atoms with Gasteiger partial charge in [-0.2, -0.15) is 0 Å². The fourth-order valence-electron chi connectivity index (χ4n) is 1.40. The summed E-state index contributed by atoms with van der Waals surface area (Å²) in [4.78, 5) is 5.13. The van der Waals surface area contributed by atoms with Gasteiger partial charge in [-0.25, -0.2) is 0 Å². The molecule has 1 rings (SSSR count). The molecule has 18 heavy (non-hydrogen) atoms. The number of nitrogens with zero attached hydrogens (tertiary/aromatic N) is 1. The van der Waals surface area contributed by atoms with Gasteiger partial charge in [0.1, 0.15) is 6.61 Å². The highest BCUT2D eigenvalue weighted by Crippen LogP contribution is 2.27. The van der Waals surface area contributed by atoms with Gasteiger partial charge in [0.15, 0.2) is 11.5 Å². The second kappa shape index (κ2) is 8.39. The standard InChI is InChI=1S/C14H21NO3/c1-4-6-9-18-15-11-12-7-8-13(17-5-2)14(10-12)16-3/h7-8,10-11H,4-6,9H2,1-3H3/b15-11+. The molecule has 0 unspecified atom stereocenters. The van der Waals surface area contributed by atoms with Gasteiger partial charge in [0.05, 0.1) is 19.9 Å². The molecule has 0 saturated heterocycles. The van der Waals surface area contributed by atoms with Gasteiger partial charge in [0.25, 0.3) is 0 Å². The zero-order valence-corrected chi connectivity index (χ0v) is 11.3. The first kappa shape index (κ1) is 14.4. The molecule has 4 nitrogen and oxygen atoms in total. The summed E-state index contributed by atoms with van der Waals surface area (Å²) in [5, 5.41) is 3.91. The molecule has 0 aliphatic rings. The molecule has 1 aromatic rings. The molecule has 4 heteroatoms. The molecule has 1 aromatic carbocycles. The number of ether oxygens (including phenoxy) is 2. The molecule has 0 spiro atoms. The number of benzene rings is 1. The molecule has 0 saturated carbocycles. The molecule has 0 amide bonds. The van der Waals surface area contributed by atoms with Gasteiger partial charge in [0.2, 0.25) is 0 Å². The van der Waals surface area contributed by atoms with Crippen molar-refractivity contribution in [3.63, 3.8) is 0 Å². The Morgan fingerprint density at radius 2 is 2.06 bits per heavy atom. The molecular formula is C14H21NO3. The van der Waals surface area contributed by atoms with Crippen LogP contribution in [-0.2, 0) is 4.84 Å². The van der Waals surface area contributed by atoms with Crippen LogP contribution in [0.3, 0.4) is 0 Å². The lowest BCUT2D eigenvalue weighted by Crippen LogP contribution is -1.96. The van der Waals surface area contributed by atoms with Crippen LogP contribution in [-0.4, -0.2) is 26.5 Å². The molecular weight excluding hydrogens is 230 g/mol. The predicted molar refractivity (Wildman–Crippen MR) is 72.6 cm³/mol. The van der Waals surface area contributed by atoms with Gasteiger partial charge < -0.3 is 14.3 Å². The van der Waals surface area contributed by atoms with E-state index >= 15 is 0 Å². The van der Waals surface area contributed by atoms with Crippen LogP contribution >= 0.6 is 0 Å². The summed E-state index contributed by atoms with van der Waals surface area (Å²) >= 11 is 0. The molecule has 0 fully saturated rings. The van der Waals surface area contributed by atoms with Crippen LogP contribution < -0.4 is 9.47 Å². The Kier molecular flexibility index (Phi) is 6.69. The highest BCUT2D eigenvalue weighted by atomic mass is 16.6. The highest BCUT2D eigenvalue weighted by Gasteiger charge is 2.03. The van der Waals surface area contributed by atoms with Gasteiger partial charge in [-0.3, -0.25) is 0 Å². The van der Waals surface area contributed by atoms with E-state index in [1.54, 1.807) is 13.3 Å². The van der Waals surface area contributed by atoms with Crippen molar-refractivity contribution >= 4 is 6.21 Å². The van der Waals surface area contributed by atoms with Crippen LogP contribution in [0.25, 0.3) is 0 Å². The summed E-state index contributed by atoms with van der Waals surface area (Å²) in [6.45, 7) is 5.33. The fourth-order valence-corrected chi connectivity index (χ4v) is 1.40. The van der Waals surface area contributed by atoms with Gasteiger partial charge >= 0.3 is 0 Å². The van der Waals surface area contributed by atoms with E-state index < -0.39 is 0 Å². The van der Waals surface area contributed by atoms with E-state index in [0.29, 0.717) is 19.0 Å². The van der Waals surface area contributed by atoms with Crippen molar-refractivity contribution < 1.29 is 14.3 Å². The van der Waals surface area contributed by atoms with Crippen LogP contribution in [0.4, 0.5) is 0 Å². The number of oxime groups is 1. The maximum atomic E-state index is 5.44. The minimum absolute atomic E-state index is 0.615. The quantitative estimate of drug-likeness (QED) is 0.404. The van der Waals surface area contributed by atoms with Crippen molar-refractivity contribution in [2.45, 2.75) is 26.7 Å². The SMILES string of the molecule is CCCCO/N=C/c1ccc(OCC)c(OC)c1. The molecule has 0 bridgehead atoms. The van der Waals surface area contributed by atoms with E-state index in [2.05, 4.69) is 12.1 Å². The minimum Gasteiger partial charge on any atom is -0.493 e. The second-order valence-electron chi connectivity index (χ2n) is 3.76. The topological polar surface area (TPSA) is 40.0 Å². The van der Waals surface area contributed by atoms with E-state index in [0.717, 1.165) is 24.2 Å². The number of unbranched alkanes of at least 4 members (excludes halogenated alkanes) is 1. The van der Waals surface area contributed by atoms with E-state index in [-0.39, 0.29) is 0 Å². The molecule has 0 aromatic heterocycles. The first-order valence-corrected chi connectivity index (χ1v) is 6.28. The molecule has 0 aliphatic heterocycles. The van der Waals surface area contributed by atoms with Crippen molar-refractivity contribution in [3.05, 3.63) is 23.8 Å². The first-order chi connectivity index (χ1) is 8.81. The van der Waals surface area contributed by atoms with E-state index in [4.69, 9.17) is 14.3 Å². The lowest BCUT2D eigenvalue weighted by molar-refractivity contribution is 0.143. The molecule has 0 aliphatic carbocycles. The number of hydrogen-bond acceptors (Lipinski definition) is 4. The Morgan fingerprint density at radius 1 is 1.22 bits per heavy atom. The summed E-state index contributed by atoms with van der Waals surface area (Å²) in [5.41, 5.74) is 0.923. The van der Waals surface area contributed by atoms with E-state index in [9.17, 15) is 0 Å². The maximum Gasteiger partial charge on any atom is 0.161 e. The van der Waals surface area contributed by atoms with Crippen molar-refractivity contribution in [3.8, 4) is 11.5 Å². The summed E-state index contributed by atoms with van der Waals surface area (Å²) in [7, 11) is 1.62. The smallest absolute Gasteiger partial charge is 0.161 e. The number of rotatable bonds is 8. The molecule has 0 N–H and O–H groups in total. The Balaban J connectivity index is 2.61. The van der Waals surface area contributed by atoms with Crippen LogP contribution in [0.2, 0.25) is 0 Å². The zero-order chi connectivity index (χ0) is 13.2. The minimum atomic E-state index is 0.615. The van der Waals surface area contributed by atoms with Crippen molar-refractivity contribution in [2.75, 3.05) is 20.3 Å². The maximum absolute atomic E-state index is 5.44. The van der Waals surface area contributed by atoms with Crippen LogP contribution in [0.5, 0.6) is 11.5 Å². The molecule has 100 valence electrons. The third kappa shape index (κ3) is 4.65. The average molecular weight is 251 g/mol. The normalized spacial score (nSPS) is 10.6. The zero-order valence-electron chi connectivity index (χ0n) is 11.3. The Morgan fingerprint density at radius 3 is 2.72 bits per heavy atom. The Hall–Kier alpha value is -1.71. The predicted octanol–water partition coefficient (Wildman–Crippen LogP) is 3.24. The second-order valence-corrected chi connectivity index (χ2v) is 3.76. The van der Waals surface area contributed by atoms with Gasteiger partial charge in [-0.15, -0.1) is 0 Å². The lowest BCUT2D eigenvalue weighted by Gasteiger charge is -2.09. The average Bonchev–Trinajstić information content (AvgIpc) is 2.40. The summed E-state index contributed by atoms with van der Waals surface area (Å²) in [6.07, 6.45) is 3.80. The highest BCUT2D eigenvalue weighted by molar-refractivity contribution is 5.80. The summed E-state index contributed by atoms with van der Waals surface area (Å²) in [5.74, 6) is 1.44. The van der Waals surface area contributed by atoms with Crippen LogP contribution in [0.15, 0.2) is 23.4 Å². The monoisotopic (exact) mass is 251 g/mol. The van der Waals surface area contributed by atoms with Crippen molar-refractivity contribution in [1.82, 2.24) is 0 Å². The number of methoxy groups -OCH3 is 1. The first-order valence-electron chi connectivity index (χ1n) is 6.28. The van der Waals surface area contributed by atoms with Crippen LogP contribution in [0, 0.1) is 0 Å². The largest absolute Gasteiger partial charge is 0.493 e.